The summed E-state index contributed by atoms with van der Waals surface area (Å²) in [5, 5.41) is 0.781. The lowest BCUT2D eigenvalue weighted by Crippen LogP contribution is -2.05. The van der Waals surface area contributed by atoms with Crippen molar-refractivity contribution in [1.29, 1.82) is 0 Å². The van der Waals surface area contributed by atoms with Crippen molar-refractivity contribution < 1.29 is 13.2 Å². The predicted octanol–water partition coefficient (Wildman–Crippen LogP) is 4.16. The van der Waals surface area contributed by atoms with Crippen LogP contribution in [-0.4, -0.2) is 4.57 Å². The second-order valence-electron chi connectivity index (χ2n) is 3.73. The summed E-state index contributed by atoms with van der Waals surface area (Å²) in [6.45, 7) is 1.82. The smallest absolute Gasteiger partial charge is 0.348 e. The average Bonchev–Trinajstić information content (AvgIpc) is 2.44. The first-order valence-corrected chi connectivity index (χ1v) is 5.01. The zero-order valence-electron chi connectivity index (χ0n) is 8.69. The molecule has 0 bridgehead atoms. The van der Waals surface area contributed by atoms with Crippen LogP contribution in [0.25, 0.3) is 10.9 Å². The van der Waals surface area contributed by atoms with E-state index in [1.807, 2.05) is 6.92 Å². The third-order valence-corrected chi connectivity index (χ3v) is 2.99. The van der Waals surface area contributed by atoms with Gasteiger partial charge in [0.25, 0.3) is 0 Å². The molecule has 0 aliphatic heterocycles. The highest BCUT2D eigenvalue weighted by Gasteiger charge is 2.31. The summed E-state index contributed by atoms with van der Waals surface area (Å²) in [7, 11) is 1.72. The van der Waals surface area contributed by atoms with Gasteiger partial charge in [-0.05, 0) is 25.1 Å². The third kappa shape index (κ3) is 1.67. The molecule has 0 aliphatic carbocycles. The van der Waals surface area contributed by atoms with Crippen molar-refractivity contribution in [1.82, 2.24) is 4.57 Å². The number of aromatic nitrogens is 1. The Balaban J connectivity index is 2.80. The van der Waals surface area contributed by atoms with Crippen LogP contribution in [0.1, 0.15) is 11.3 Å². The molecule has 5 heteroatoms. The van der Waals surface area contributed by atoms with Gasteiger partial charge in [0, 0.05) is 18.1 Å². The second-order valence-corrected chi connectivity index (χ2v) is 4.14. The van der Waals surface area contributed by atoms with Gasteiger partial charge in [-0.25, -0.2) is 0 Å². The molecule has 1 aromatic heterocycles. The summed E-state index contributed by atoms with van der Waals surface area (Å²) in [6, 6.07) is 3.86. The molecular weight excluding hydrogens is 239 g/mol. The van der Waals surface area contributed by atoms with E-state index in [9.17, 15) is 13.2 Å². The Hall–Kier alpha value is -1.16. The normalized spacial score (nSPS) is 12.4. The third-order valence-electron chi connectivity index (χ3n) is 2.68. The maximum atomic E-state index is 12.6. The molecule has 0 saturated heterocycles. The van der Waals surface area contributed by atoms with Crippen molar-refractivity contribution >= 4 is 22.5 Å². The summed E-state index contributed by atoms with van der Waals surface area (Å²) < 4.78 is 39.4. The van der Waals surface area contributed by atoms with E-state index in [2.05, 4.69) is 0 Å². The Morgan fingerprint density at radius 1 is 1.19 bits per heavy atom. The monoisotopic (exact) mass is 247 g/mol. The number of nitrogens with zero attached hydrogens (tertiary/aromatic N) is 1. The number of alkyl halides is 3. The number of benzene rings is 1. The Labute approximate surface area is 95.4 Å². The fraction of sp³-hybridized carbons (Fsp3) is 0.273. The Morgan fingerprint density at radius 2 is 1.81 bits per heavy atom. The van der Waals surface area contributed by atoms with Crippen LogP contribution in [0.4, 0.5) is 13.2 Å². The van der Waals surface area contributed by atoms with E-state index in [-0.39, 0.29) is 5.02 Å². The van der Waals surface area contributed by atoms with E-state index < -0.39 is 11.7 Å². The highest BCUT2D eigenvalue weighted by atomic mass is 35.5. The molecule has 0 spiro atoms. The fourth-order valence-corrected chi connectivity index (χ4v) is 1.95. The standard InChI is InChI=1S/C11H9ClF3N/c1-6-3-8-9(12)4-7(11(13,14)15)5-10(8)16(6)2/h3-5H,1-2H3. The molecule has 0 saturated carbocycles. The van der Waals surface area contributed by atoms with Crippen LogP contribution in [0.3, 0.4) is 0 Å². The van der Waals surface area contributed by atoms with Crippen molar-refractivity contribution in [2.75, 3.05) is 0 Å². The first kappa shape index (κ1) is 11.3. The van der Waals surface area contributed by atoms with Gasteiger partial charge in [0.2, 0.25) is 0 Å². The molecule has 0 amide bonds. The van der Waals surface area contributed by atoms with E-state index in [0.717, 1.165) is 17.8 Å². The van der Waals surface area contributed by atoms with Crippen molar-refractivity contribution in [3.63, 3.8) is 0 Å². The lowest BCUT2D eigenvalue weighted by molar-refractivity contribution is -0.137. The van der Waals surface area contributed by atoms with Gasteiger partial charge in [0.05, 0.1) is 16.1 Å². The lowest BCUT2D eigenvalue weighted by atomic mass is 10.1. The van der Waals surface area contributed by atoms with Crippen molar-refractivity contribution in [2.45, 2.75) is 13.1 Å². The number of hydrogen-bond donors (Lipinski definition) is 0. The van der Waals surface area contributed by atoms with Crippen LogP contribution in [0, 0.1) is 6.92 Å². The molecule has 1 heterocycles. The van der Waals surface area contributed by atoms with Crippen LogP contribution in [-0.2, 0) is 13.2 Å². The molecule has 0 fully saturated rings. The van der Waals surface area contributed by atoms with Crippen molar-refractivity contribution in [3.05, 3.63) is 34.5 Å². The molecule has 0 radical (unpaired) electrons. The van der Waals surface area contributed by atoms with E-state index in [4.69, 9.17) is 11.6 Å². The van der Waals surface area contributed by atoms with E-state index in [1.54, 1.807) is 17.7 Å². The fourth-order valence-electron chi connectivity index (χ4n) is 1.68. The number of aryl methyl sites for hydroxylation is 2. The number of rotatable bonds is 0. The van der Waals surface area contributed by atoms with Crippen molar-refractivity contribution in [2.24, 2.45) is 7.05 Å². The quantitative estimate of drug-likeness (QED) is 0.659. The van der Waals surface area contributed by atoms with Crippen LogP contribution in [0.2, 0.25) is 5.02 Å². The van der Waals surface area contributed by atoms with Gasteiger partial charge in [-0.2, -0.15) is 13.2 Å². The van der Waals surface area contributed by atoms with Gasteiger partial charge in [-0.1, -0.05) is 11.6 Å². The van der Waals surface area contributed by atoms with Crippen LogP contribution in [0.15, 0.2) is 18.2 Å². The number of fused-ring (bicyclic) bond motifs is 1. The average molecular weight is 248 g/mol. The van der Waals surface area contributed by atoms with Gasteiger partial charge in [0.1, 0.15) is 0 Å². The van der Waals surface area contributed by atoms with Crippen LogP contribution in [0.5, 0.6) is 0 Å². The summed E-state index contributed by atoms with van der Waals surface area (Å²) in [5.74, 6) is 0. The largest absolute Gasteiger partial charge is 0.416 e. The summed E-state index contributed by atoms with van der Waals surface area (Å²) in [6.07, 6.45) is -4.37. The minimum atomic E-state index is -4.37. The number of hydrogen-bond acceptors (Lipinski definition) is 0. The summed E-state index contributed by atoms with van der Waals surface area (Å²) >= 11 is 5.84. The van der Waals surface area contributed by atoms with Crippen molar-refractivity contribution in [3.8, 4) is 0 Å². The summed E-state index contributed by atoms with van der Waals surface area (Å²) in [5.41, 5.74) is 0.653. The molecule has 2 rings (SSSR count). The molecule has 86 valence electrons. The highest BCUT2D eigenvalue weighted by molar-refractivity contribution is 6.35. The first-order chi connectivity index (χ1) is 7.30. The predicted molar refractivity (Wildman–Crippen MR) is 57.7 cm³/mol. The topological polar surface area (TPSA) is 4.93 Å². The Kier molecular flexibility index (Phi) is 2.42. The summed E-state index contributed by atoms with van der Waals surface area (Å²) in [4.78, 5) is 0. The molecule has 1 aromatic carbocycles. The minimum Gasteiger partial charge on any atom is -0.348 e. The maximum Gasteiger partial charge on any atom is 0.416 e. The van der Waals surface area contributed by atoms with E-state index in [0.29, 0.717) is 10.9 Å². The lowest BCUT2D eigenvalue weighted by Gasteiger charge is -2.08. The molecule has 0 atom stereocenters. The molecule has 16 heavy (non-hydrogen) atoms. The molecule has 2 aromatic rings. The van der Waals surface area contributed by atoms with Gasteiger partial charge in [-0.3, -0.25) is 0 Å². The van der Waals surface area contributed by atoms with Gasteiger partial charge in [0.15, 0.2) is 0 Å². The molecule has 0 aliphatic rings. The van der Waals surface area contributed by atoms with Gasteiger partial charge in [-0.15, -0.1) is 0 Å². The molecule has 0 unspecified atom stereocenters. The first-order valence-electron chi connectivity index (χ1n) is 4.63. The van der Waals surface area contributed by atoms with E-state index in [1.165, 1.54) is 0 Å². The SMILES string of the molecule is Cc1cc2c(Cl)cc(C(F)(F)F)cc2n1C. The zero-order chi connectivity index (χ0) is 12.1. The maximum absolute atomic E-state index is 12.6. The molecular formula is C11H9ClF3N. The zero-order valence-corrected chi connectivity index (χ0v) is 9.45. The minimum absolute atomic E-state index is 0.133. The van der Waals surface area contributed by atoms with E-state index >= 15 is 0 Å². The van der Waals surface area contributed by atoms with Crippen LogP contribution >= 0.6 is 11.6 Å². The molecule has 0 N–H and O–H groups in total. The molecule has 1 nitrogen and oxygen atoms in total. The van der Waals surface area contributed by atoms with Gasteiger partial charge < -0.3 is 4.57 Å². The number of halogens is 4. The Morgan fingerprint density at radius 3 is 2.38 bits per heavy atom. The van der Waals surface area contributed by atoms with Gasteiger partial charge >= 0.3 is 6.18 Å². The Bertz CT molecular complexity index is 554. The van der Waals surface area contributed by atoms with Crippen LogP contribution < -0.4 is 0 Å². The second kappa shape index (κ2) is 3.42. The highest BCUT2D eigenvalue weighted by Crippen LogP contribution is 2.35.